The van der Waals surface area contributed by atoms with E-state index in [4.69, 9.17) is 18.9 Å². The van der Waals surface area contributed by atoms with E-state index in [1.54, 1.807) is 0 Å². The van der Waals surface area contributed by atoms with Crippen LogP contribution in [0.1, 0.15) is 5.56 Å². The molecule has 3 rings (SSSR count). The van der Waals surface area contributed by atoms with Gasteiger partial charge in [-0.15, -0.1) is 0 Å². The third-order valence-electron chi connectivity index (χ3n) is 3.02. The third kappa shape index (κ3) is 3.70. The topological polar surface area (TPSA) is 43.5 Å². The van der Waals surface area contributed by atoms with E-state index in [9.17, 15) is 0 Å². The van der Waals surface area contributed by atoms with Crippen molar-refractivity contribution in [3.8, 4) is 5.75 Å². The van der Waals surface area contributed by atoms with Gasteiger partial charge in [0.25, 0.3) is 0 Å². The standard InChI is InChI=1S/C14H18O4/c1-2-4-14(18-10-13-9-17-13)11(3-1)5-6-15-7-12-8-16-12/h1-4,12-13H,5-10H2. The molecule has 1 aromatic carbocycles. The molecule has 0 amide bonds. The molecule has 2 fully saturated rings. The quantitative estimate of drug-likeness (QED) is 0.517. The van der Waals surface area contributed by atoms with Gasteiger partial charge in [0.2, 0.25) is 0 Å². The first kappa shape index (κ1) is 12.0. The van der Waals surface area contributed by atoms with Crippen molar-refractivity contribution in [2.45, 2.75) is 18.6 Å². The molecule has 2 aliphatic rings. The second-order valence-electron chi connectivity index (χ2n) is 4.65. The Morgan fingerprint density at radius 1 is 1.06 bits per heavy atom. The highest BCUT2D eigenvalue weighted by molar-refractivity contribution is 5.33. The van der Waals surface area contributed by atoms with Crippen LogP contribution in [0, 0.1) is 0 Å². The smallest absolute Gasteiger partial charge is 0.122 e. The van der Waals surface area contributed by atoms with E-state index in [1.165, 1.54) is 5.56 Å². The number of epoxide rings is 2. The molecule has 2 heterocycles. The predicted molar refractivity (Wildman–Crippen MR) is 65.9 cm³/mol. The van der Waals surface area contributed by atoms with Gasteiger partial charge in [0.15, 0.2) is 0 Å². The highest BCUT2D eigenvalue weighted by Gasteiger charge is 2.23. The first-order valence-corrected chi connectivity index (χ1v) is 6.43. The maximum atomic E-state index is 5.75. The highest BCUT2D eigenvalue weighted by Crippen LogP contribution is 2.21. The lowest BCUT2D eigenvalue weighted by atomic mass is 10.1. The number of hydrogen-bond acceptors (Lipinski definition) is 4. The van der Waals surface area contributed by atoms with Crippen LogP contribution in [0.5, 0.6) is 5.75 Å². The van der Waals surface area contributed by atoms with Crippen LogP contribution >= 0.6 is 0 Å². The lowest BCUT2D eigenvalue weighted by Gasteiger charge is -2.10. The molecule has 0 aromatic heterocycles. The molecule has 2 unspecified atom stereocenters. The molecular weight excluding hydrogens is 232 g/mol. The van der Waals surface area contributed by atoms with Gasteiger partial charge in [0.05, 0.1) is 26.4 Å². The Morgan fingerprint density at radius 2 is 1.78 bits per heavy atom. The lowest BCUT2D eigenvalue weighted by Crippen LogP contribution is -2.08. The molecule has 0 aliphatic carbocycles. The van der Waals surface area contributed by atoms with E-state index in [-0.39, 0.29) is 0 Å². The summed E-state index contributed by atoms with van der Waals surface area (Å²) in [4.78, 5) is 0. The number of para-hydroxylation sites is 1. The van der Waals surface area contributed by atoms with Crippen LogP contribution in [0.2, 0.25) is 0 Å². The average Bonchev–Trinajstić information content (AvgIpc) is 3.27. The van der Waals surface area contributed by atoms with Crippen LogP contribution in [0.25, 0.3) is 0 Å². The normalized spacial score (nSPS) is 24.9. The van der Waals surface area contributed by atoms with Crippen molar-refractivity contribution >= 4 is 0 Å². The van der Waals surface area contributed by atoms with E-state index < -0.39 is 0 Å². The van der Waals surface area contributed by atoms with Gasteiger partial charge in [-0.2, -0.15) is 0 Å². The minimum absolute atomic E-state index is 0.293. The van der Waals surface area contributed by atoms with Crippen LogP contribution in [-0.4, -0.2) is 45.2 Å². The van der Waals surface area contributed by atoms with E-state index in [2.05, 4.69) is 6.07 Å². The largest absolute Gasteiger partial charge is 0.491 e. The summed E-state index contributed by atoms with van der Waals surface area (Å²) in [5.74, 6) is 0.944. The molecule has 0 spiro atoms. The van der Waals surface area contributed by atoms with Crippen LogP contribution < -0.4 is 4.74 Å². The van der Waals surface area contributed by atoms with Gasteiger partial charge in [-0.3, -0.25) is 0 Å². The van der Waals surface area contributed by atoms with Crippen molar-refractivity contribution in [2.24, 2.45) is 0 Å². The lowest BCUT2D eigenvalue weighted by molar-refractivity contribution is 0.118. The second kappa shape index (κ2) is 5.69. The molecule has 2 saturated heterocycles. The SMILES string of the molecule is c1ccc(OCC2CO2)c(CCOCC2CO2)c1. The van der Waals surface area contributed by atoms with Gasteiger partial charge >= 0.3 is 0 Å². The van der Waals surface area contributed by atoms with Crippen LogP contribution in [0.15, 0.2) is 24.3 Å². The van der Waals surface area contributed by atoms with Crippen LogP contribution in [0.4, 0.5) is 0 Å². The van der Waals surface area contributed by atoms with Crippen molar-refractivity contribution in [2.75, 3.05) is 33.0 Å². The summed E-state index contributed by atoms with van der Waals surface area (Å²) in [5, 5.41) is 0. The zero-order chi connectivity index (χ0) is 12.2. The van der Waals surface area contributed by atoms with E-state index >= 15 is 0 Å². The maximum Gasteiger partial charge on any atom is 0.122 e. The zero-order valence-electron chi connectivity index (χ0n) is 10.3. The average molecular weight is 250 g/mol. The molecule has 0 N–H and O–H groups in total. The molecule has 0 bridgehead atoms. The van der Waals surface area contributed by atoms with E-state index in [0.717, 1.165) is 25.4 Å². The Kier molecular flexibility index (Phi) is 3.78. The number of ether oxygens (including phenoxy) is 4. The second-order valence-corrected chi connectivity index (χ2v) is 4.65. The van der Waals surface area contributed by atoms with Crippen LogP contribution in [-0.2, 0) is 20.6 Å². The molecule has 18 heavy (non-hydrogen) atoms. The fraction of sp³-hybridized carbons (Fsp3) is 0.571. The summed E-state index contributed by atoms with van der Waals surface area (Å²) in [5.41, 5.74) is 1.19. The fourth-order valence-corrected chi connectivity index (χ4v) is 1.76. The molecular formula is C14H18O4. The molecule has 4 nitrogen and oxygen atoms in total. The van der Waals surface area contributed by atoms with Crippen molar-refractivity contribution in [1.82, 2.24) is 0 Å². The Hall–Kier alpha value is -1.10. The minimum atomic E-state index is 0.293. The van der Waals surface area contributed by atoms with Gasteiger partial charge in [-0.1, -0.05) is 18.2 Å². The molecule has 98 valence electrons. The summed E-state index contributed by atoms with van der Waals surface area (Å²) >= 11 is 0. The summed E-state index contributed by atoms with van der Waals surface area (Å²) < 4.78 is 21.5. The number of hydrogen-bond donors (Lipinski definition) is 0. The molecule has 1 aromatic rings. The third-order valence-corrected chi connectivity index (χ3v) is 3.02. The van der Waals surface area contributed by atoms with E-state index in [1.807, 2.05) is 18.2 Å². The monoisotopic (exact) mass is 250 g/mol. The van der Waals surface area contributed by atoms with Gasteiger partial charge in [0.1, 0.15) is 24.6 Å². The minimum Gasteiger partial charge on any atom is -0.491 e. The molecule has 0 saturated carbocycles. The molecule has 2 aliphatic heterocycles. The highest BCUT2D eigenvalue weighted by atomic mass is 16.6. The summed E-state index contributed by atoms with van der Waals surface area (Å²) in [6.07, 6.45) is 1.50. The zero-order valence-corrected chi connectivity index (χ0v) is 10.3. The summed E-state index contributed by atoms with van der Waals surface area (Å²) in [7, 11) is 0. The van der Waals surface area contributed by atoms with E-state index in [0.29, 0.717) is 32.0 Å². The Balaban J connectivity index is 1.45. The molecule has 2 atom stereocenters. The maximum absolute atomic E-state index is 5.75. The Morgan fingerprint density at radius 3 is 2.56 bits per heavy atom. The molecule has 0 radical (unpaired) electrons. The van der Waals surface area contributed by atoms with Crippen molar-refractivity contribution in [3.63, 3.8) is 0 Å². The van der Waals surface area contributed by atoms with Gasteiger partial charge < -0.3 is 18.9 Å². The van der Waals surface area contributed by atoms with Crippen molar-refractivity contribution in [3.05, 3.63) is 29.8 Å². The summed E-state index contributed by atoms with van der Waals surface area (Å²) in [6, 6.07) is 8.10. The van der Waals surface area contributed by atoms with Crippen molar-refractivity contribution < 1.29 is 18.9 Å². The van der Waals surface area contributed by atoms with Crippen LogP contribution in [0.3, 0.4) is 0 Å². The number of benzene rings is 1. The predicted octanol–water partition coefficient (Wildman–Crippen LogP) is 1.42. The first-order chi connectivity index (χ1) is 8.92. The van der Waals surface area contributed by atoms with Gasteiger partial charge in [-0.25, -0.2) is 0 Å². The van der Waals surface area contributed by atoms with Gasteiger partial charge in [-0.05, 0) is 18.1 Å². The Labute approximate surface area is 107 Å². The number of rotatable bonds is 8. The van der Waals surface area contributed by atoms with Gasteiger partial charge in [0, 0.05) is 0 Å². The fourth-order valence-electron chi connectivity index (χ4n) is 1.76. The Bertz CT molecular complexity index is 385. The summed E-state index contributed by atoms with van der Waals surface area (Å²) in [6.45, 7) is 3.74. The van der Waals surface area contributed by atoms with Crippen molar-refractivity contribution in [1.29, 1.82) is 0 Å². The first-order valence-electron chi connectivity index (χ1n) is 6.43. The molecule has 4 heteroatoms.